The van der Waals surface area contributed by atoms with Gasteiger partial charge in [-0.15, -0.1) is 10.2 Å². The average molecular weight is 390 g/mol. The minimum atomic E-state index is -0.137. The maximum absolute atomic E-state index is 10.3. The highest BCUT2D eigenvalue weighted by molar-refractivity contribution is 5.80. The van der Waals surface area contributed by atoms with Crippen LogP contribution in [-0.4, -0.2) is 68.0 Å². The molecule has 3 fully saturated rings. The first-order valence-electron chi connectivity index (χ1n) is 10.9. The molecular weight excluding hydrogens is 354 g/mol. The molecule has 0 amide bonds. The first-order valence-corrected chi connectivity index (χ1v) is 10.9. The molecule has 28 heavy (non-hydrogen) atoms. The minimum absolute atomic E-state index is 0.137. The molecular formula is C20H35N7O. The molecule has 0 bridgehead atoms. The van der Waals surface area contributed by atoms with Crippen molar-refractivity contribution >= 4 is 5.96 Å². The molecule has 1 aromatic heterocycles. The number of rotatable bonds is 5. The van der Waals surface area contributed by atoms with Gasteiger partial charge in [0.1, 0.15) is 12.4 Å². The lowest BCUT2D eigenvalue weighted by atomic mass is 9.89. The Morgan fingerprint density at radius 2 is 1.71 bits per heavy atom. The molecule has 1 aliphatic heterocycles. The second-order valence-corrected chi connectivity index (χ2v) is 8.68. The van der Waals surface area contributed by atoms with Gasteiger partial charge in [-0.3, -0.25) is 4.90 Å². The SMILES string of the molecule is Cc1nnc(CN=C(NC2CC2)NC2CCN(C3CCCCC3O)CC2)n1C. The molecule has 3 aliphatic rings. The summed E-state index contributed by atoms with van der Waals surface area (Å²) in [6, 6.07) is 1.36. The van der Waals surface area contributed by atoms with E-state index in [9.17, 15) is 5.11 Å². The van der Waals surface area contributed by atoms with Crippen LogP contribution in [0.4, 0.5) is 0 Å². The Morgan fingerprint density at radius 3 is 2.32 bits per heavy atom. The van der Waals surface area contributed by atoms with Gasteiger partial charge in [0.15, 0.2) is 11.8 Å². The normalized spacial score (nSPS) is 27.8. The number of nitrogens with one attached hydrogen (secondary N) is 2. The number of nitrogens with zero attached hydrogens (tertiary/aromatic N) is 5. The molecule has 8 heteroatoms. The number of aryl methyl sites for hydroxylation is 1. The van der Waals surface area contributed by atoms with Crippen LogP contribution in [0, 0.1) is 6.92 Å². The summed E-state index contributed by atoms with van der Waals surface area (Å²) in [6.45, 7) is 4.60. The van der Waals surface area contributed by atoms with Gasteiger partial charge in [-0.05, 0) is 45.4 Å². The van der Waals surface area contributed by atoms with Crippen molar-refractivity contribution in [1.82, 2.24) is 30.3 Å². The van der Waals surface area contributed by atoms with E-state index in [1.165, 1.54) is 25.7 Å². The first kappa shape index (κ1) is 19.6. The van der Waals surface area contributed by atoms with E-state index in [4.69, 9.17) is 4.99 Å². The maximum atomic E-state index is 10.3. The quantitative estimate of drug-likeness (QED) is 0.516. The molecule has 0 radical (unpaired) electrons. The Hall–Kier alpha value is -1.67. The van der Waals surface area contributed by atoms with Crippen molar-refractivity contribution in [2.45, 2.75) is 89.1 Å². The first-order chi connectivity index (χ1) is 13.6. The standard InChI is InChI=1S/C20H35N7O/c1-14-24-25-19(26(14)2)13-21-20(22-15-7-8-15)23-16-9-11-27(12-10-16)17-5-3-4-6-18(17)28/h15-18,28H,3-13H2,1-2H3,(H2,21,22,23). The highest BCUT2D eigenvalue weighted by Gasteiger charge is 2.32. The summed E-state index contributed by atoms with van der Waals surface area (Å²) < 4.78 is 1.99. The molecule has 2 saturated carbocycles. The van der Waals surface area contributed by atoms with E-state index in [1.807, 2.05) is 18.5 Å². The topological polar surface area (TPSA) is 90.6 Å². The van der Waals surface area contributed by atoms with Gasteiger partial charge in [-0.2, -0.15) is 0 Å². The fourth-order valence-electron chi connectivity index (χ4n) is 4.38. The monoisotopic (exact) mass is 389 g/mol. The zero-order valence-electron chi connectivity index (χ0n) is 17.3. The van der Waals surface area contributed by atoms with E-state index in [0.717, 1.165) is 56.4 Å². The smallest absolute Gasteiger partial charge is 0.192 e. The van der Waals surface area contributed by atoms with Gasteiger partial charge in [-0.1, -0.05) is 12.8 Å². The fraction of sp³-hybridized carbons (Fsp3) is 0.850. The lowest BCUT2D eigenvalue weighted by molar-refractivity contribution is 0.00810. The number of aliphatic imine (C=N–C) groups is 1. The summed E-state index contributed by atoms with van der Waals surface area (Å²) in [5.74, 6) is 2.70. The lowest BCUT2D eigenvalue weighted by Gasteiger charge is -2.41. The Morgan fingerprint density at radius 1 is 1.04 bits per heavy atom. The number of piperidine rings is 1. The van der Waals surface area contributed by atoms with Gasteiger partial charge in [0.25, 0.3) is 0 Å². The van der Waals surface area contributed by atoms with Crippen molar-refractivity contribution in [3.63, 3.8) is 0 Å². The molecule has 3 N–H and O–H groups in total. The number of hydrogen-bond donors (Lipinski definition) is 3. The number of hydrogen-bond acceptors (Lipinski definition) is 5. The molecule has 2 unspecified atom stereocenters. The molecule has 4 rings (SSSR count). The molecule has 1 aromatic rings. The van der Waals surface area contributed by atoms with Crippen LogP contribution in [0.15, 0.2) is 4.99 Å². The van der Waals surface area contributed by atoms with E-state index in [2.05, 4.69) is 25.7 Å². The third-order valence-corrected chi connectivity index (χ3v) is 6.51. The summed E-state index contributed by atoms with van der Waals surface area (Å²) in [7, 11) is 1.98. The second-order valence-electron chi connectivity index (χ2n) is 8.68. The molecule has 0 aromatic carbocycles. The van der Waals surface area contributed by atoms with Gasteiger partial charge in [-0.25, -0.2) is 4.99 Å². The lowest BCUT2D eigenvalue weighted by Crippen LogP contribution is -2.53. The third kappa shape index (κ3) is 4.84. The number of aromatic nitrogens is 3. The number of aliphatic hydroxyl groups is 1. The van der Waals surface area contributed by atoms with Gasteiger partial charge in [0.2, 0.25) is 0 Å². The van der Waals surface area contributed by atoms with E-state index in [0.29, 0.717) is 24.7 Å². The van der Waals surface area contributed by atoms with Gasteiger partial charge >= 0.3 is 0 Å². The van der Waals surface area contributed by atoms with Crippen molar-refractivity contribution in [3.05, 3.63) is 11.6 Å². The summed E-state index contributed by atoms with van der Waals surface area (Å²) >= 11 is 0. The van der Waals surface area contributed by atoms with E-state index < -0.39 is 0 Å². The maximum Gasteiger partial charge on any atom is 0.192 e. The largest absolute Gasteiger partial charge is 0.391 e. The third-order valence-electron chi connectivity index (χ3n) is 6.51. The predicted octanol–water partition coefficient (Wildman–Crippen LogP) is 1.09. The predicted molar refractivity (Wildman–Crippen MR) is 109 cm³/mol. The summed E-state index contributed by atoms with van der Waals surface area (Å²) in [6.07, 6.45) is 9.04. The van der Waals surface area contributed by atoms with Gasteiger partial charge in [0, 0.05) is 38.3 Å². The highest BCUT2D eigenvalue weighted by Crippen LogP contribution is 2.26. The zero-order chi connectivity index (χ0) is 19.5. The van der Waals surface area contributed by atoms with Gasteiger partial charge < -0.3 is 20.3 Å². The Kier molecular flexibility index (Phi) is 6.16. The highest BCUT2D eigenvalue weighted by atomic mass is 16.3. The minimum Gasteiger partial charge on any atom is -0.391 e. The van der Waals surface area contributed by atoms with Crippen LogP contribution in [0.3, 0.4) is 0 Å². The van der Waals surface area contributed by atoms with Crippen molar-refractivity contribution in [3.8, 4) is 0 Å². The Labute approximate surface area is 167 Å². The summed E-state index contributed by atoms with van der Waals surface area (Å²) in [4.78, 5) is 7.29. The number of aliphatic hydroxyl groups excluding tert-OH is 1. The molecule has 1 saturated heterocycles. The van der Waals surface area contributed by atoms with Crippen LogP contribution in [-0.2, 0) is 13.6 Å². The average Bonchev–Trinajstić information content (AvgIpc) is 3.46. The molecule has 156 valence electrons. The van der Waals surface area contributed by atoms with Crippen LogP contribution >= 0.6 is 0 Å². The fourth-order valence-corrected chi connectivity index (χ4v) is 4.38. The van der Waals surface area contributed by atoms with E-state index >= 15 is 0 Å². The van der Waals surface area contributed by atoms with Crippen LogP contribution in [0.2, 0.25) is 0 Å². The molecule has 2 atom stereocenters. The summed E-state index contributed by atoms with van der Waals surface area (Å²) in [5.41, 5.74) is 0. The Bertz CT molecular complexity index is 676. The molecule has 0 spiro atoms. The van der Waals surface area contributed by atoms with Crippen molar-refractivity contribution in [1.29, 1.82) is 0 Å². The molecule has 8 nitrogen and oxygen atoms in total. The van der Waals surface area contributed by atoms with Crippen molar-refractivity contribution in [2.75, 3.05) is 13.1 Å². The molecule has 2 aliphatic carbocycles. The Balaban J connectivity index is 1.31. The zero-order valence-corrected chi connectivity index (χ0v) is 17.3. The number of likely N-dealkylation sites (tertiary alicyclic amines) is 1. The van der Waals surface area contributed by atoms with Crippen molar-refractivity contribution < 1.29 is 5.11 Å². The van der Waals surface area contributed by atoms with Crippen LogP contribution in [0.1, 0.15) is 63.0 Å². The van der Waals surface area contributed by atoms with E-state index in [-0.39, 0.29) is 6.10 Å². The van der Waals surface area contributed by atoms with Crippen LogP contribution < -0.4 is 10.6 Å². The van der Waals surface area contributed by atoms with E-state index in [1.54, 1.807) is 0 Å². The summed E-state index contributed by atoms with van der Waals surface area (Å²) in [5, 5.41) is 25.9. The van der Waals surface area contributed by atoms with Crippen molar-refractivity contribution in [2.24, 2.45) is 12.0 Å². The molecule has 2 heterocycles. The second kappa shape index (κ2) is 8.78. The van der Waals surface area contributed by atoms with Crippen LogP contribution in [0.25, 0.3) is 0 Å². The van der Waals surface area contributed by atoms with Gasteiger partial charge in [0.05, 0.1) is 6.10 Å². The number of guanidine groups is 1. The van der Waals surface area contributed by atoms with Crippen LogP contribution in [0.5, 0.6) is 0 Å².